The van der Waals surface area contributed by atoms with Gasteiger partial charge in [-0.05, 0) is 30.3 Å². The molecule has 4 rings (SSSR count). The van der Waals surface area contributed by atoms with Gasteiger partial charge >= 0.3 is 0 Å². The van der Waals surface area contributed by atoms with Crippen LogP contribution in [-0.2, 0) is 0 Å². The number of carbonyl (C=O) groups is 3. The first-order chi connectivity index (χ1) is 14.9. The van der Waals surface area contributed by atoms with Crippen LogP contribution in [0.3, 0.4) is 0 Å². The molecule has 0 spiro atoms. The number of carbonyl (C=O) groups excluding carboxylic acids is 3. The molecule has 8 heteroatoms. The summed E-state index contributed by atoms with van der Waals surface area (Å²) in [6, 6.07) is 18.6. The third-order valence-corrected chi connectivity index (χ3v) is 4.70. The number of nitro groups is 1. The first-order valence-corrected chi connectivity index (χ1v) is 9.25. The number of nitrogens with one attached hydrogen (secondary N) is 2. The van der Waals surface area contributed by atoms with Crippen LogP contribution < -0.4 is 10.6 Å². The quantitative estimate of drug-likeness (QED) is 0.477. The van der Waals surface area contributed by atoms with Crippen LogP contribution in [-0.4, -0.2) is 22.4 Å². The maximum atomic E-state index is 12.6. The van der Waals surface area contributed by atoms with Gasteiger partial charge in [0.05, 0.1) is 10.6 Å². The van der Waals surface area contributed by atoms with E-state index in [-0.39, 0.29) is 28.5 Å². The molecule has 8 nitrogen and oxygen atoms in total. The Bertz CT molecular complexity index is 1260. The molecule has 2 N–H and O–H groups in total. The third-order valence-electron chi connectivity index (χ3n) is 4.70. The molecule has 0 fully saturated rings. The van der Waals surface area contributed by atoms with Gasteiger partial charge in [0.2, 0.25) is 5.78 Å². The number of rotatable bonds is 5. The minimum atomic E-state index is -0.568. The number of non-ortho nitro benzene ring substituents is 1. The third kappa shape index (κ3) is 4.08. The molecule has 0 bridgehead atoms. The number of nitrogens with zero attached hydrogens (tertiary/aromatic N) is 1. The van der Waals surface area contributed by atoms with Crippen LogP contribution >= 0.6 is 0 Å². The average Bonchev–Trinajstić information content (AvgIpc) is 2.78. The maximum Gasteiger partial charge on any atom is 0.270 e. The van der Waals surface area contributed by atoms with Crippen molar-refractivity contribution in [3.63, 3.8) is 0 Å². The second-order valence-electron chi connectivity index (χ2n) is 6.76. The number of Topliss-reactive ketones (excluding diaryl/α,β-unsaturated/α-hetero) is 1. The second kappa shape index (κ2) is 8.03. The van der Waals surface area contributed by atoms with Crippen molar-refractivity contribution in [3.05, 3.63) is 111 Å². The Morgan fingerprint density at radius 1 is 0.839 bits per heavy atom. The minimum Gasteiger partial charge on any atom is -0.352 e. The summed E-state index contributed by atoms with van der Waals surface area (Å²) < 4.78 is 0. The van der Waals surface area contributed by atoms with Gasteiger partial charge in [-0.2, -0.15) is 0 Å². The maximum absolute atomic E-state index is 12.6. The van der Waals surface area contributed by atoms with Gasteiger partial charge in [0.15, 0.2) is 5.78 Å². The van der Waals surface area contributed by atoms with E-state index in [0.717, 1.165) is 0 Å². The fraction of sp³-hybridized carbons (Fsp3) is 0. The van der Waals surface area contributed by atoms with Gasteiger partial charge in [-0.15, -0.1) is 0 Å². The normalized spacial score (nSPS) is 12.6. The number of benzene rings is 3. The Morgan fingerprint density at radius 2 is 1.52 bits per heavy atom. The predicted octanol–water partition coefficient (Wildman–Crippen LogP) is 4.22. The van der Waals surface area contributed by atoms with Crippen molar-refractivity contribution in [1.82, 2.24) is 0 Å². The number of fused-ring (bicyclic) bond motifs is 1. The topological polar surface area (TPSA) is 118 Å². The smallest absolute Gasteiger partial charge is 0.270 e. The number of hydrogen-bond acceptors (Lipinski definition) is 6. The lowest BCUT2D eigenvalue weighted by Crippen LogP contribution is -2.21. The summed E-state index contributed by atoms with van der Waals surface area (Å²) in [5.74, 6) is -1.02. The van der Waals surface area contributed by atoms with E-state index >= 15 is 0 Å². The number of hydrogen-bond donors (Lipinski definition) is 2. The highest BCUT2D eigenvalue weighted by atomic mass is 16.6. The van der Waals surface area contributed by atoms with Crippen LogP contribution in [0.25, 0.3) is 0 Å². The molecule has 152 valence electrons. The van der Waals surface area contributed by atoms with Crippen LogP contribution in [0.4, 0.5) is 17.1 Å². The molecule has 0 saturated heterocycles. The highest BCUT2D eigenvalue weighted by molar-refractivity contribution is 6.25. The fourth-order valence-electron chi connectivity index (χ4n) is 3.16. The second-order valence-corrected chi connectivity index (χ2v) is 6.76. The molecule has 0 unspecified atom stereocenters. The summed E-state index contributed by atoms with van der Waals surface area (Å²) in [7, 11) is 0. The highest BCUT2D eigenvalue weighted by Crippen LogP contribution is 2.24. The summed E-state index contributed by atoms with van der Waals surface area (Å²) in [5.41, 5.74) is 1.89. The molecule has 1 aliphatic carbocycles. The Kier molecular flexibility index (Phi) is 5.11. The van der Waals surface area contributed by atoms with E-state index in [9.17, 15) is 24.5 Å². The van der Waals surface area contributed by atoms with Gasteiger partial charge in [0.1, 0.15) is 0 Å². The van der Waals surface area contributed by atoms with E-state index in [1.54, 1.807) is 48.5 Å². The molecule has 0 heterocycles. The minimum absolute atomic E-state index is 0.159. The zero-order valence-corrected chi connectivity index (χ0v) is 16.0. The molecular weight excluding hydrogens is 398 g/mol. The molecule has 0 radical (unpaired) electrons. The summed E-state index contributed by atoms with van der Waals surface area (Å²) in [4.78, 5) is 47.5. The molecule has 0 saturated carbocycles. The molecule has 31 heavy (non-hydrogen) atoms. The Balaban J connectivity index is 1.46. The number of nitro benzene ring substituents is 1. The van der Waals surface area contributed by atoms with Crippen molar-refractivity contribution in [2.24, 2.45) is 0 Å². The van der Waals surface area contributed by atoms with Gasteiger partial charge < -0.3 is 10.6 Å². The van der Waals surface area contributed by atoms with Crippen molar-refractivity contribution in [3.8, 4) is 0 Å². The SMILES string of the molecule is O=C(Nc1ccc(NC2=CC(=O)c3ccccc3C2=O)cc1)c1cccc([N+](=O)[O-])c1. The molecule has 0 aromatic heterocycles. The first kappa shape index (κ1) is 19.7. The largest absolute Gasteiger partial charge is 0.352 e. The number of ketones is 2. The monoisotopic (exact) mass is 413 g/mol. The molecule has 0 aliphatic heterocycles. The van der Waals surface area contributed by atoms with E-state index in [1.807, 2.05) is 0 Å². The van der Waals surface area contributed by atoms with Gasteiger partial charge in [-0.1, -0.05) is 30.3 Å². The van der Waals surface area contributed by atoms with Crippen LogP contribution in [0, 0.1) is 10.1 Å². The summed E-state index contributed by atoms with van der Waals surface area (Å²) in [6.07, 6.45) is 1.27. The fourth-order valence-corrected chi connectivity index (χ4v) is 3.16. The molecular formula is C23H15N3O5. The van der Waals surface area contributed by atoms with E-state index in [0.29, 0.717) is 22.5 Å². The van der Waals surface area contributed by atoms with Gasteiger partial charge in [-0.25, -0.2) is 0 Å². The van der Waals surface area contributed by atoms with E-state index in [4.69, 9.17) is 0 Å². The summed E-state index contributed by atoms with van der Waals surface area (Å²) >= 11 is 0. The zero-order valence-electron chi connectivity index (χ0n) is 16.0. The lowest BCUT2D eigenvalue weighted by molar-refractivity contribution is -0.384. The predicted molar refractivity (Wildman–Crippen MR) is 114 cm³/mol. The van der Waals surface area contributed by atoms with Crippen molar-refractivity contribution in [2.45, 2.75) is 0 Å². The van der Waals surface area contributed by atoms with E-state index < -0.39 is 10.8 Å². The molecule has 3 aromatic carbocycles. The lowest BCUT2D eigenvalue weighted by atomic mass is 9.92. The zero-order chi connectivity index (χ0) is 22.0. The van der Waals surface area contributed by atoms with Crippen LogP contribution in [0.2, 0.25) is 0 Å². The summed E-state index contributed by atoms with van der Waals surface area (Å²) in [5, 5.41) is 16.5. The van der Waals surface area contributed by atoms with Crippen LogP contribution in [0.1, 0.15) is 31.1 Å². The van der Waals surface area contributed by atoms with Crippen LogP contribution in [0.5, 0.6) is 0 Å². The van der Waals surface area contributed by atoms with Gasteiger partial charge in [0.25, 0.3) is 11.6 Å². The highest BCUT2D eigenvalue weighted by Gasteiger charge is 2.25. The molecule has 1 aliphatic rings. The van der Waals surface area contributed by atoms with E-state index in [1.165, 1.54) is 30.3 Å². The Hall–Kier alpha value is -4.59. The van der Waals surface area contributed by atoms with Crippen molar-refractivity contribution >= 4 is 34.5 Å². The van der Waals surface area contributed by atoms with Crippen LogP contribution in [0.15, 0.2) is 84.6 Å². The number of allylic oxidation sites excluding steroid dienone is 2. The Morgan fingerprint density at radius 3 is 2.23 bits per heavy atom. The number of anilines is 2. The van der Waals surface area contributed by atoms with Gasteiger partial charge in [-0.3, -0.25) is 24.5 Å². The van der Waals surface area contributed by atoms with E-state index in [2.05, 4.69) is 10.6 Å². The molecule has 3 aromatic rings. The summed E-state index contributed by atoms with van der Waals surface area (Å²) in [6.45, 7) is 0. The lowest BCUT2D eigenvalue weighted by Gasteiger charge is -2.16. The number of amides is 1. The first-order valence-electron chi connectivity index (χ1n) is 9.25. The molecule has 1 amide bonds. The average molecular weight is 413 g/mol. The van der Waals surface area contributed by atoms with Crippen molar-refractivity contribution in [2.75, 3.05) is 10.6 Å². The molecule has 0 atom stereocenters. The standard InChI is InChI=1S/C23H15N3O5/c27-21-13-20(22(28)19-7-2-1-6-18(19)21)24-15-8-10-16(11-9-15)25-23(29)14-4-3-5-17(12-14)26(30)31/h1-13,24H,(H,25,29). The van der Waals surface area contributed by atoms with Gasteiger partial charge in [0, 0.05) is 46.3 Å². The van der Waals surface area contributed by atoms with Crippen molar-refractivity contribution < 1.29 is 19.3 Å². The van der Waals surface area contributed by atoms with Crippen molar-refractivity contribution in [1.29, 1.82) is 0 Å². The Labute approximate surface area is 176 Å².